The predicted octanol–water partition coefficient (Wildman–Crippen LogP) is 1.89. The first-order valence-electron chi connectivity index (χ1n) is 6.75. The van der Waals surface area contributed by atoms with Gasteiger partial charge in [-0.25, -0.2) is 0 Å². The highest BCUT2D eigenvalue weighted by molar-refractivity contribution is 5.51. The highest BCUT2D eigenvalue weighted by atomic mass is 16.1. The molecule has 2 aromatic heterocycles. The molecule has 1 unspecified atom stereocenters. The number of rotatable bonds is 5. The minimum absolute atomic E-state index is 0.0467. The number of nitrogens with zero attached hydrogens (tertiary/aromatic N) is 3. The molecule has 1 aliphatic heterocycles. The molecule has 1 atom stereocenters. The molecule has 0 aromatic carbocycles. The number of carbonyl (C=O) groups excluding carboxylic acids is 1. The van der Waals surface area contributed by atoms with Gasteiger partial charge in [0.15, 0.2) is 0 Å². The number of allylic oxidation sites excluding steroid dienone is 2. The molecule has 1 aliphatic rings. The first kappa shape index (κ1) is 13.2. The van der Waals surface area contributed by atoms with E-state index in [-0.39, 0.29) is 6.17 Å². The zero-order valence-electron chi connectivity index (χ0n) is 11.5. The van der Waals surface area contributed by atoms with Gasteiger partial charge in [0.05, 0.1) is 12.2 Å². The second kappa shape index (κ2) is 6.09. The quantitative estimate of drug-likeness (QED) is 0.851. The van der Waals surface area contributed by atoms with Crippen molar-refractivity contribution in [2.45, 2.75) is 6.17 Å². The minimum atomic E-state index is -0.0467. The van der Waals surface area contributed by atoms with Gasteiger partial charge in [0.25, 0.3) is 0 Å². The summed E-state index contributed by atoms with van der Waals surface area (Å²) in [6.07, 6.45) is 12.3. The Morgan fingerprint density at radius 2 is 2.10 bits per heavy atom. The van der Waals surface area contributed by atoms with Crippen molar-refractivity contribution in [3.8, 4) is 0 Å². The van der Waals surface area contributed by atoms with Crippen LogP contribution < -0.4 is 5.32 Å². The summed E-state index contributed by atoms with van der Waals surface area (Å²) in [6.45, 7) is 0.620. The molecule has 1 amide bonds. The first-order valence-corrected chi connectivity index (χ1v) is 6.75. The molecule has 1 N–H and O–H groups in total. The third kappa shape index (κ3) is 2.86. The number of hydrogen-bond donors (Lipinski definition) is 1. The van der Waals surface area contributed by atoms with E-state index in [2.05, 4.69) is 19.8 Å². The van der Waals surface area contributed by atoms with Gasteiger partial charge in [-0.2, -0.15) is 0 Å². The molecule has 2 aromatic rings. The Balaban J connectivity index is 1.92. The van der Waals surface area contributed by atoms with Crippen LogP contribution in [-0.2, 0) is 4.79 Å². The first-order chi connectivity index (χ1) is 10.4. The summed E-state index contributed by atoms with van der Waals surface area (Å²) in [5.41, 5.74) is 1.81. The van der Waals surface area contributed by atoms with Gasteiger partial charge in [0, 0.05) is 30.5 Å². The average Bonchev–Trinajstić information content (AvgIpc) is 3.03. The normalized spacial score (nSPS) is 15.4. The highest BCUT2D eigenvalue weighted by Gasteiger charge is 2.22. The molecule has 3 rings (SSSR count). The van der Waals surface area contributed by atoms with E-state index in [0.717, 1.165) is 11.4 Å². The number of carbonyl (C=O) groups is 1. The SMILES string of the molecule is O=CNC1=CC=CN(C(c2ccccn2)n2cccc2)C1. The average molecular weight is 280 g/mol. The lowest BCUT2D eigenvalue weighted by atomic mass is 10.2. The molecule has 0 saturated heterocycles. The largest absolute Gasteiger partial charge is 0.346 e. The Hall–Kier alpha value is -2.82. The van der Waals surface area contributed by atoms with Gasteiger partial charge in [-0.1, -0.05) is 6.07 Å². The number of nitrogens with one attached hydrogen (secondary N) is 1. The molecule has 3 heterocycles. The Bertz CT molecular complexity index is 646. The molecule has 0 bridgehead atoms. The summed E-state index contributed by atoms with van der Waals surface area (Å²) in [6, 6.07) is 9.87. The van der Waals surface area contributed by atoms with Crippen molar-refractivity contribution in [3.05, 3.63) is 78.7 Å². The Kier molecular flexibility index (Phi) is 3.82. The maximum Gasteiger partial charge on any atom is 0.211 e. The van der Waals surface area contributed by atoms with Gasteiger partial charge in [-0.3, -0.25) is 9.78 Å². The van der Waals surface area contributed by atoms with Crippen LogP contribution in [0, 0.1) is 0 Å². The van der Waals surface area contributed by atoms with E-state index in [9.17, 15) is 4.79 Å². The van der Waals surface area contributed by atoms with Crippen LogP contribution in [0.1, 0.15) is 11.9 Å². The maximum absolute atomic E-state index is 10.6. The standard InChI is InChI=1S/C16H16N4O/c21-13-18-14-6-5-11-20(12-14)16(19-9-3-4-10-19)15-7-1-2-8-17-15/h1-11,13,16H,12H2,(H,18,21). The van der Waals surface area contributed by atoms with E-state index in [4.69, 9.17) is 0 Å². The van der Waals surface area contributed by atoms with Crippen molar-refractivity contribution in [1.29, 1.82) is 0 Å². The highest BCUT2D eigenvalue weighted by Crippen LogP contribution is 2.24. The Labute approximate surface area is 123 Å². The summed E-state index contributed by atoms with van der Waals surface area (Å²) >= 11 is 0. The smallest absolute Gasteiger partial charge is 0.211 e. The van der Waals surface area contributed by atoms with Gasteiger partial charge in [-0.05, 0) is 36.4 Å². The minimum Gasteiger partial charge on any atom is -0.346 e. The van der Waals surface area contributed by atoms with Gasteiger partial charge < -0.3 is 14.8 Å². The molecular weight excluding hydrogens is 264 g/mol. The molecule has 0 spiro atoms. The maximum atomic E-state index is 10.6. The van der Waals surface area contributed by atoms with Crippen LogP contribution in [0.25, 0.3) is 0 Å². The summed E-state index contributed by atoms with van der Waals surface area (Å²) in [5.74, 6) is 0. The van der Waals surface area contributed by atoms with Gasteiger partial charge >= 0.3 is 0 Å². The van der Waals surface area contributed by atoms with Crippen LogP contribution in [0.4, 0.5) is 0 Å². The predicted molar refractivity (Wildman–Crippen MR) is 79.9 cm³/mol. The number of pyridine rings is 1. The zero-order chi connectivity index (χ0) is 14.5. The molecule has 0 aliphatic carbocycles. The fraction of sp³-hybridized carbons (Fsp3) is 0.125. The monoisotopic (exact) mass is 280 g/mol. The van der Waals surface area contributed by atoms with E-state index in [0.29, 0.717) is 13.0 Å². The molecule has 5 heteroatoms. The van der Waals surface area contributed by atoms with Gasteiger partial charge in [0.1, 0.15) is 6.17 Å². The third-order valence-electron chi connectivity index (χ3n) is 3.35. The number of aromatic nitrogens is 2. The van der Waals surface area contributed by atoms with E-state index in [1.54, 1.807) is 6.20 Å². The molecule has 5 nitrogen and oxygen atoms in total. The number of amides is 1. The summed E-state index contributed by atoms with van der Waals surface area (Å²) in [7, 11) is 0. The summed E-state index contributed by atoms with van der Waals surface area (Å²) in [5, 5.41) is 2.72. The van der Waals surface area contributed by atoms with E-state index >= 15 is 0 Å². The molecular formula is C16H16N4O. The Morgan fingerprint density at radius 1 is 1.24 bits per heavy atom. The molecule has 106 valence electrons. The summed E-state index contributed by atoms with van der Waals surface area (Å²) in [4.78, 5) is 17.2. The van der Waals surface area contributed by atoms with Gasteiger partial charge in [-0.15, -0.1) is 0 Å². The van der Waals surface area contributed by atoms with Crippen LogP contribution in [0.15, 0.2) is 73.0 Å². The molecule has 21 heavy (non-hydrogen) atoms. The van der Waals surface area contributed by atoms with E-state index in [1.165, 1.54) is 0 Å². The number of hydrogen-bond acceptors (Lipinski definition) is 3. The fourth-order valence-electron chi connectivity index (χ4n) is 2.44. The second-order valence-corrected chi connectivity index (χ2v) is 4.73. The van der Waals surface area contributed by atoms with Crippen LogP contribution in [0.3, 0.4) is 0 Å². The van der Waals surface area contributed by atoms with E-state index in [1.807, 2.05) is 61.1 Å². The van der Waals surface area contributed by atoms with Crippen LogP contribution in [-0.4, -0.2) is 27.4 Å². The topological polar surface area (TPSA) is 50.2 Å². The zero-order valence-corrected chi connectivity index (χ0v) is 11.5. The molecule has 0 fully saturated rings. The van der Waals surface area contributed by atoms with Crippen LogP contribution in [0.5, 0.6) is 0 Å². The van der Waals surface area contributed by atoms with Crippen molar-refractivity contribution in [2.24, 2.45) is 0 Å². The third-order valence-corrected chi connectivity index (χ3v) is 3.35. The van der Waals surface area contributed by atoms with Crippen molar-refractivity contribution in [1.82, 2.24) is 19.8 Å². The second-order valence-electron chi connectivity index (χ2n) is 4.73. The lowest BCUT2D eigenvalue weighted by Crippen LogP contribution is -2.35. The van der Waals surface area contributed by atoms with Crippen LogP contribution >= 0.6 is 0 Å². The lowest BCUT2D eigenvalue weighted by molar-refractivity contribution is -0.109. The van der Waals surface area contributed by atoms with Gasteiger partial charge in [0.2, 0.25) is 6.41 Å². The van der Waals surface area contributed by atoms with E-state index < -0.39 is 0 Å². The fourth-order valence-corrected chi connectivity index (χ4v) is 2.44. The van der Waals surface area contributed by atoms with Crippen molar-refractivity contribution >= 4 is 6.41 Å². The van der Waals surface area contributed by atoms with Crippen molar-refractivity contribution in [2.75, 3.05) is 6.54 Å². The molecule has 0 saturated carbocycles. The van der Waals surface area contributed by atoms with Crippen molar-refractivity contribution < 1.29 is 4.79 Å². The molecule has 0 radical (unpaired) electrons. The lowest BCUT2D eigenvalue weighted by Gasteiger charge is -2.33. The summed E-state index contributed by atoms with van der Waals surface area (Å²) < 4.78 is 2.09. The Morgan fingerprint density at radius 3 is 2.81 bits per heavy atom. The van der Waals surface area contributed by atoms with Crippen LogP contribution in [0.2, 0.25) is 0 Å². The van der Waals surface area contributed by atoms with Crippen molar-refractivity contribution in [3.63, 3.8) is 0 Å².